The molecule has 0 unspecified atom stereocenters. The van der Waals surface area contributed by atoms with Gasteiger partial charge in [-0.3, -0.25) is 9.59 Å². The van der Waals surface area contributed by atoms with Gasteiger partial charge in [-0.25, -0.2) is 4.79 Å². The number of amides is 2. The molecule has 130 valence electrons. The number of furan rings is 1. The van der Waals surface area contributed by atoms with E-state index in [-0.39, 0.29) is 18.5 Å². The summed E-state index contributed by atoms with van der Waals surface area (Å²) in [7, 11) is 0. The van der Waals surface area contributed by atoms with Crippen molar-refractivity contribution in [2.45, 2.75) is 12.5 Å². The van der Waals surface area contributed by atoms with Crippen LogP contribution in [0.25, 0.3) is 5.57 Å². The Morgan fingerprint density at radius 2 is 1.84 bits per heavy atom. The van der Waals surface area contributed by atoms with Crippen molar-refractivity contribution < 1.29 is 23.9 Å². The van der Waals surface area contributed by atoms with Gasteiger partial charge in [0.25, 0.3) is 5.91 Å². The number of hydrogen-bond acceptors (Lipinski definition) is 4. The molecule has 2 amide bonds. The van der Waals surface area contributed by atoms with Gasteiger partial charge in [0.05, 0.1) is 18.4 Å². The Bertz CT molecular complexity index is 753. The summed E-state index contributed by atoms with van der Waals surface area (Å²) in [6, 6.07) is 11.0. The second kappa shape index (κ2) is 8.49. The molecule has 0 saturated heterocycles. The van der Waals surface area contributed by atoms with E-state index in [2.05, 4.69) is 17.2 Å². The molecular formula is C18H18N2O5. The van der Waals surface area contributed by atoms with Gasteiger partial charge in [0.2, 0.25) is 5.91 Å². The molecule has 0 radical (unpaired) electrons. The highest BCUT2D eigenvalue weighted by molar-refractivity contribution is 6.18. The lowest BCUT2D eigenvalue weighted by Gasteiger charge is -2.15. The van der Waals surface area contributed by atoms with E-state index in [1.807, 2.05) is 6.07 Å². The van der Waals surface area contributed by atoms with E-state index in [0.717, 1.165) is 5.56 Å². The molecule has 0 fully saturated rings. The summed E-state index contributed by atoms with van der Waals surface area (Å²) in [4.78, 5) is 35.1. The van der Waals surface area contributed by atoms with Gasteiger partial charge in [-0.2, -0.15) is 0 Å². The van der Waals surface area contributed by atoms with Gasteiger partial charge >= 0.3 is 5.97 Å². The molecule has 2 rings (SSSR count). The molecule has 0 spiro atoms. The molecule has 7 heteroatoms. The van der Waals surface area contributed by atoms with Gasteiger partial charge in [-0.05, 0) is 17.7 Å². The second-order valence-corrected chi connectivity index (χ2v) is 5.29. The number of carboxylic acids is 1. The van der Waals surface area contributed by atoms with Gasteiger partial charge in [0.1, 0.15) is 11.8 Å². The third kappa shape index (κ3) is 5.35. The van der Waals surface area contributed by atoms with Crippen LogP contribution >= 0.6 is 0 Å². The highest BCUT2D eigenvalue weighted by atomic mass is 16.4. The monoisotopic (exact) mass is 342 g/mol. The smallest absolute Gasteiger partial charge is 0.326 e. The van der Waals surface area contributed by atoms with Crippen molar-refractivity contribution in [3.8, 4) is 0 Å². The van der Waals surface area contributed by atoms with Gasteiger partial charge in [-0.1, -0.05) is 36.9 Å². The number of hydrogen-bond donors (Lipinski definition) is 3. The minimum absolute atomic E-state index is 0.0804. The third-order valence-electron chi connectivity index (χ3n) is 3.42. The highest BCUT2D eigenvalue weighted by Crippen LogP contribution is 2.12. The van der Waals surface area contributed by atoms with E-state index in [1.165, 1.54) is 6.26 Å². The summed E-state index contributed by atoms with van der Waals surface area (Å²) in [6.07, 6.45) is 1.55. The number of benzene rings is 1. The van der Waals surface area contributed by atoms with Crippen molar-refractivity contribution in [1.29, 1.82) is 0 Å². The number of nitrogens with one attached hydrogen (secondary N) is 2. The van der Waals surface area contributed by atoms with Crippen molar-refractivity contribution >= 4 is 23.4 Å². The van der Waals surface area contributed by atoms with E-state index < -0.39 is 23.8 Å². The van der Waals surface area contributed by atoms with Crippen LogP contribution in [-0.2, 0) is 20.8 Å². The minimum atomic E-state index is -1.15. The van der Waals surface area contributed by atoms with Crippen molar-refractivity contribution in [3.05, 3.63) is 66.6 Å². The Morgan fingerprint density at radius 1 is 1.12 bits per heavy atom. The van der Waals surface area contributed by atoms with Crippen LogP contribution in [0.4, 0.5) is 0 Å². The van der Waals surface area contributed by atoms with Crippen LogP contribution in [0, 0.1) is 0 Å². The predicted molar refractivity (Wildman–Crippen MR) is 90.5 cm³/mol. The average Bonchev–Trinajstić information content (AvgIpc) is 3.13. The molecule has 0 aliphatic heterocycles. The van der Waals surface area contributed by atoms with Crippen LogP contribution in [0.5, 0.6) is 0 Å². The fraction of sp³-hybridized carbons (Fsp3) is 0.167. The first-order valence-corrected chi connectivity index (χ1v) is 7.54. The molecule has 25 heavy (non-hydrogen) atoms. The molecule has 0 aliphatic rings. The van der Waals surface area contributed by atoms with Crippen LogP contribution in [0.2, 0.25) is 0 Å². The first kappa shape index (κ1) is 18.0. The Hall–Kier alpha value is -3.35. The van der Waals surface area contributed by atoms with E-state index in [0.29, 0.717) is 5.76 Å². The molecule has 1 aromatic heterocycles. The largest absolute Gasteiger partial charge is 0.480 e. The maximum absolute atomic E-state index is 11.9. The maximum atomic E-state index is 11.9. The Labute approximate surface area is 144 Å². The van der Waals surface area contributed by atoms with Crippen LogP contribution in [0.1, 0.15) is 11.3 Å². The molecular weight excluding hydrogens is 324 g/mol. The average molecular weight is 342 g/mol. The lowest BCUT2D eigenvalue weighted by Crippen LogP contribution is -2.46. The van der Waals surface area contributed by atoms with Crippen LogP contribution in [-0.4, -0.2) is 35.5 Å². The van der Waals surface area contributed by atoms with E-state index in [4.69, 9.17) is 4.42 Å². The van der Waals surface area contributed by atoms with E-state index in [1.54, 1.807) is 36.4 Å². The summed E-state index contributed by atoms with van der Waals surface area (Å²) in [6.45, 7) is 3.22. The minimum Gasteiger partial charge on any atom is -0.480 e. The number of carboxylic acid groups (broad SMARTS) is 1. The summed E-state index contributed by atoms with van der Waals surface area (Å²) in [5, 5.41) is 14.0. The zero-order valence-corrected chi connectivity index (χ0v) is 13.4. The van der Waals surface area contributed by atoms with E-state index >= 15 is 0 Å². The standard InChI is InChI=1S/C18H18N2O5/c1-12(15-8-5-9-25-15)17(22)19-11-16(21)20-14(18(23)24)10-13-6-3-2-4-7-13/h2-9,14H,1,10-11H2,(H,19,22)(H,20,21)(H,23,24)/t14-/m0/s1. The molecule has 2 aromatic rings. The fourth-order valence-electron chi connectivity index (χ4n) is 2.12. The van der Waals surface area contributed by atoms with Crippen molar-refractivity contribution in [2.75, 3.05) is 6.54 Å². The third-order valence-corrected chi connectivity index (χ3v) is 3.42. The van der Waals surface area contributed by atoms with Crippen molar-refractivity contribution in [2.24, 2.45) is 0 Å². The van der Waals surface area contributed by atoms with Gasteiger partial charge in [0.15, 0.2) is 0 Å². The number of rotatable bonds is 8. The van der Waals surface area contributed by atoms with Crippen LogP contribution in [0.3, 0.4) is 0 Å². The summed E-state index contributed by atoms with van der Waals surface area (Å²) < 4.78 is 5.05. The number of aliphatic carboxylic acids is 1. The zero-order chi connectivity index (χ0) is 18.2. The number of carbonyl (C=O) groups excluding carboxylic acids is 2. The summed E-state index contributed by atoms with van der Waals surface area (Å²) >= 11 is 0. The van der Waals surface area contributed by atoms with Crippen LogP contribution in [0.15, 0.2) is 59.7 Å². The van der Waals surface area contributed by atoms with Crippen molar-refractivity contribution in [3.63, 3.8) is 0 Å². The molecule has 1 aromatic carbocycles. The summed E-state index contributed by atoms with van der Waals surface area (Å²) in [5.41, 5.74) is 0.863. The lowest BCUT2D eigenvalue weighted by molar-refractivity contribution is -0.141. The molecule has 0 bridgehead atoms. The summed E-state index contributed by atoms with van der Waals surface area (Å²) in [5.74, 6) is -2.03. The molecule has 1 heterocycles. The first-order chi connectivity index (χ1) is 12.0. The van der Waals surface area contributed by atoms with Gasteiger partial charge in [-0.15, -0.1) is 0 Å². The van der Waals surface area contributed by atoms with Crippen LogP contribution < -0.4 is 10.6 Å². The molecule has 3 N–H and O–H groups in total. The molecule has 1 atom stereocenters. The quantitative estimate of drug-likeness (QED) is 0.625. The van der Waals surface area contributed by atoms with E-state index in [9.17, 15) is 19.5 Å². The highest BCUT2D eigenvalue weighted by Gasteiger charge is 2.21. The zero-order valence-electron chi connectivity index (χ0n) is 13.4. The Morgan fingerprint density at radius 3 is 2.44 bits per heavy atom. The molecule has 0 aliphatic carbocycles. The van der Waals surface area contributed by atoms with Gasteiger partial charge in [0, 0.05) is 6.42 Å². The fourth-order valence-corrected chi connectivity index (χ4v) is 2.12. The normalized spacial score (nSPS) is 11.4. The Balaban J connectivity index is 1.85. The second-order valence-electron chi connectivity index (χ2n) is 5.29. The van der Waals surface area contributed by atoms with Gasteiger partial charge < -0.3 is 20.2 Å². The topological polar surface area (TPSA) is 109 Å². The Kier molecular flexibility index (Phi) is 6.11. The SMILES string of the molecule is C=C(C(=O)NCC(=O)N[C@@H](Cc1ccccc1)C(=O)O)c1ccco1. The predicted octanol–water partition coefficient (Wildman–Crippen LogP) is 1.22. The molecule has 7 nitrogen and oxygen atoms in total. The van der Waals surface area contributed by atoms with Crippen molar-refractivity contribution in [1.82, 2.24) is 10.6 Å². The maximum Gasteiger partial charge on any atom is 0.326 e. The first-order valence-electron chi connectivity index (χ1n) is 7.54. The lowest BCUT2D eigenvalue weighted by atomic mass is 10.1. The number of carbonyl (C=O) groups is 3. The molecule has 0 saturated carbocycles.